The lowest BCUT2D eigenvalue weighted by atomic mass is 9.46. The first-order chi connectivity index (χ1) is 11.9. The number of carbonyl (C=O) groups excluding carboxylic acids is 1. The molecule has 1 N–H and O–H groups in total. The number of nitrogens with zero attached hydrogens (tertiary/aromatic N) is 2. The van der Waals surface area contributed by atoms with Gasteiger partial charge >= 0.3 is 5.97 Å². The van der Waals surface area contributed by atoms with Crippen LogP contribution in [0.4, 0.5) is 0 Å². The zero-order valence-electron chi connectivity index (χ0n) is 15.0. The molecule has 4 aliphatic rings. The van der Waals surface area contributed by atoms with Gasteiger partial charge in [0.15, 0.2) is 0 Å². The van der Waals surface area contributed by atoms with E-state index in [1.165, 1.54) is 11.3 Å². The third-order valence-corrected chi connectivity index (χ3v) is 7.13. The van der Waals surface area contributed by atoms with Crippen LogP contribution in [-0.2, 0) is 9.53 Å². The Morgan fingerprint density at radius 1 is 1.44 bits per heavy atom. The summed E-state index contributed by atoms with van der Waals surface area (Å²) in [5.74, 6) is 0.392. The second-order valence-corrected chi connectivity index (χ2v) is 8.39. The highest BCUT2D eigenvalue weighted by atomic mass is 16.6. The molecule has 4 rings (SSSR count). The maximum absolute atomic E-state index is 11.8. The third kappa shape index (κ3) is 2.35. The van der Waals surface area contributed by atoms with E-state index < -0.39 is 6.10 Å². The van der Waals surface area contributed by atoms with E-state index in [1.807, 2.05) is 12.3 Å². The molecule has 0 bridgehead atoms. The van der Waals surface area contributed by atoms with E-state index in [1.54, 1.807) is 0 Å². The van der Waals surface area contributed by atoms with Crippen LogP contribution in [0.25, 0.3) is 0 Å². The van der Waals surface area contributed by atoms with Crippen LogP contribution in [0, 0.1) is 22.7 Å². The summed E-state index contributed by atoms with van der Waals surface area (Å²) in [6, 6.07) is 0. The Kier molecular flexibility index (Phi) is 3.76. The van der Waals surface area contributed by atoms with E-state index >= 15 is 0 Å². The van der Waals surface area contributed by atoms with Gasteiger partial charge in [-0.1, -0.05) is 25.2 Å². The van der Waals surface area contributed by atoms with Crippen molar-refractivity contribution in [2.75, 3.05) is 6.61 Å². The monoisotopic (exact) mass is 342 g/mol. The van der Waals surface area contributed by atoms with Crippen molar-refractivity contribution in [3.63, 3.8) is 0 Å². The van der Waals surface area contributed by atoms with Gasteiger partial charge in [-0.3, -0.25) is 0 Å². The summed E-state index contributed by atoms with van der Waals surface area (Å²) in [4.78, 5) is 11.8. The number of carbonyl (C=O) groups is 1. The van der Waals surface area contributed by atoms with Crippen LogP contribution in [0.2, 0.25) is 0 Å². The molecule has 5 nitrogen and oxygen atoms in total. The van der Waals surface area contributed by atoms with E-state index in [-0.39, 0.29) is 23.4 Å². The molecule has 2 saturated carbocycles. The van der Waals surface area contributed by atoms with Gasteiger partial charge in [0.1, 0.15) is 12.7 Å². The molecule has 134 valence electrons. The molecule has 0 aromatic carbocycles. The Morgan fingerprint density at radius 3 is 2.96 bits per heavy atom. The summed E-state index contributed by atoms with van der Waals surface area (Å²) in [7, 11) is 0. The molecule has 0 aromatic heterocycles. The Labute approximate surface area is 148 Å². The lowest BCUT2D eigenvalue weighted by Crippen LogP contribution is -2.54. The number of esters is 1. The second-order valence-electron chi connectivity index (χ2n) is 8.39. The molecule has 0 aromatic rings. The fourth-order valence-corrected chi connectivity index (χ4v) is 5.64. The molecule has 2 aliphatic carbocycles. The van der Waals surface area contributed by atoms with Gasteiger partial charge in [-0.15, -0.1) is 0 Å². The van der Waals surface area contributed by atoms with Gasteiger partial charge in [0.25, 0.3) is 0 Å². The number of aliphatic hydroxyl groups excluding tert-OH is 1. The molecule has 2 unspecified atom stereocenters. The largest absolute Gasteiger partial charge is 0.459 e. The van der Waals surface area contributed by atoms with Crippen LogP contribution >= 0.6 is 0 Å². The Morgan fingerprint density at radius 2 is 2.24 bits per heavy atom. The van der Waals surface area contributed by atoms with Crippen LogP contribution < -0.4 is 0 Å². The molecule has 3 fully saturated rings. The average Bonchev–Trinajstić information content (AvgIpc) is 3.10. The lowest BCUT2D eigenvalue weighted by molar-refractivity contribution is -0.135. The molecule has 0 amide bonds. The van der Waals surface area contributed by atoms with E-state index in [0.717, 1.165) is 32.1 Å². The molecule has 5 atom stereocenters. The van der Waals surface area contributed by atoms with Crippen LogP contribution in [0.15, 0.2) is 34.0 Å². The molecule has 0 radical (unpaired) electrons. The molecule has 0 spiro atoms. The van der Waals surface area contributed by atoms with Gasteiger partial charge in [0.05, 0.1) is 11.3 Å². The van der Waals surface area contributed by atoms with E-state index in [0.29, 0.717) is 17.4 Å². The summed E-state index contributed by atoms with van der Waals surface area (Å²) in [5.41, 5.74) is 2.93. The number of fused-ring (bicyclic) bond motifs is 3. The molecule has 25 heavy (non-hydrogen) atoms. The number of hydrogen-bond acceptors (Lipinski definition) is 5. The maximum atomic E-state index is 11.8. The van der Waals surface area contributed by atoms with E-state index in [2.05, 4.69) is 30.6 Å². The third-order valence-electron chi connectivity index (χ3n) is 7.13. The van der Waals surface area contributed by atoms with Crippen molar-refractivity contribution in [3.8, 4) is 0 Å². The van der Waals surface area contributed by atoms with Crippen molar-refractivity contribution < 1.29 is 14.6 Å². The van der Waals surface area contributed by atoms with Crippen LogP contribution in [-0.4, -0.2) is 35.7 Å². The molecule has 2 aliphatic heterocycles. The predicted octanol–water partition coefficient (Wildman–Crippen LogP) is 3.05. The minimum absolute atomic E-state index is 0.0507. The summed E-state index contributed by atoms with van der Waals surface area (Å²) < 4.78 is 4.94. The summed E-state index contributed by atoms with van der Waals surface area (Å²) in [6.45, 7) is 9.06. The normalized spacial score (nSPS) is 44.5. The fraction of sp³-hybridized carbons (Fsp3) is 0.650. The summed E-state index contributed by atoms with van der Waals surface area (Å²) in [6.07, 6.45) is 7.99. The second kappa shape index (κ2) is 5.63. The first-order valence-electron chi connectivity index (χ1n) is 9.20. The zero-order valence-corrected chi connectivity index (χ0v) is 15.0. The maximum Gasteiger partial charge on any atom is 0.336 e. The predicted molar refractivity (Wildman–Crippen MR) is 96.4 cm³/mol. The van der Waals surface area contributed by atoms with Gasteiger partial charge < -0.3 is 9.84 Å². The Hall–Kier alpha value is -1.75. The van der Waals surface area contributed by atoms with Gasteiger partial charge in [0, 0.05) is 11.6 Å². The van der Waals surface area contributed by atoms with Crippen molar-refractivity contribution in [1.29, 1.82) is 0 Å². The fourth-order valence-electron chi connectivity index (χ4n) is 5.64. The molecule has 2 heterocycles. The standard InChI is InChI=1S/C20H26N2O3/c1-12-4-7-16-19(2,9-8-17-20(16,3)11-21-22-17)14(12)6-5-13-15(23)10-25-18(13)24/h5,11,14-16,23H,1,4,6-10H2,2-3H3/b13-5+/t14-,15-,16?,19+,20?/m1/s1. The van der Waals surface area contributed by atoms with Crippen molar-refractivity contribution in [2.24, 2.45) is 32.9 Å². The molecule has 5 heteroatoms. The van der Waals surface area contributed by atoms with E-state index in [9.17, 15) is 9.90 Å². The number of ether oxygens (including phenoxy) is 1. The highest BCUT2D eigenvalue weighted by Crippen LogP contribution is 2.61. The quantitative estimate of drug-likeness (QED) is 0.476. The minimum Gasteiger partial charge on any atom is -0.459 e. The zero-order chi connectivity index (χ0) is 17.8. The van der Waals surface area contributed by atoms with Crippen molar-refractivity contribution in [2.45, 2.75) is 52.1 Å². The topological polar surface area (TPSA) is 71.2 Å². The smallest absolute Gasteiger partial charge is 0.336 e. The van der Waals surface area contributed by atoms with Crippen LogP contribution in [0.3, 0.4) is 0 Å². The average molecular weight is 342 g/mol. The van der Waals surface area contributed by atoms with Gasteiger partial charge in [-0.05, 0) is 56.3 Å². The highest BCUT2D eigenvalue weighted by molar-refractivity contribution is 6.06. The first kappa shape index (κ1) is 16.7. The summed E-state index contributed by atoms with van der Waals surface area (Å²) >= 11 is 0. The van der Waals surface area contributed by atoms with Crippen LogP contribution in [0.5, 0.6) is 0 Å². The Balaban J connectivity index is 1.64. The molecular weight excluding hydrogens is 316 g/mol. The van der Waals surface area contributed by atoms with Gasteiger partial charge in [-0.25, -0.2) is 4.79 Å². The number of rotatable bonds is 2. The van der Waals surface area contributed by atoms with E-state index in [4.69, 9.17) is 4.74 Å². The number of aliphatic hydroxyl groups is 1. The van der Waals surface area contributed by atoms with Crippen LogP contribution in [0.1, 0.15) is 46.0 Å². The van der Waals surface area contributed by atoms with Crippen molar-refractivity contribution in [3.05, 3.63) is 23.8 Å². The van der Waals surface area contributed by atoms with Gasteiger partial charge in [0.2, 0.25) is 0 Å². The SMILES string of the molecule is C=C1CCC2C3(C)C=NN=C3CC[C@@]2(C)[C@@H]1C/C=C1/C(=O)OC[C@H]1O. The number of cyclic esters (lactones) is 1. The van der Waals surface area contributed by atoms with Crippen molar-refractivity contribution in [1.82, 2.24) is 0 Å². The minimum atomic E-state index is -0.794. The number of hydrogen-bond donors (Lipinski definition) is 1. The lowest BCUT2D eigenvalue weighted by Gasteiger charge is -2.57. The number of allylic oxidation sites excluding steroid dienone is 2. The van der Waals surface area contributed by atoms with Gasteiger partial charge in [-0.2, -0.15) is 10.2 Å². The summed E-state index contributed by atoms with van der Waals surface area (Å²) in [5, 5.41) is 18.6. The first-order valence-corrected chi connectivity index (χ1v) is 9.20. The Bertz CT molecular complexity index is 722. The highest BCUT2D eigenvalue weighted by Gasteiger charge is 2.57. The van der Waals surface area contributed by atoms with Crippen molar-refractivity contribution >= 4 is 17.9 Å². The molecular formula is C20H26N2O3. The molecule has 1 saturated heterocycles.